The van der Waals surface area contributed by atoms with Gasteiger partial charge in [-0.3, -0.25) is 4.39 Å². The summed E-state index contributed by atoms with van der Waals surface area (Å²) in [5.41, 5.74) is 0. The number of carboxylic acid groups (broad SMARTS) is 1. The molecule has 4 nitrogen and oxygen atoms in total. The van der Waals surface area contributed by atoms with Crippen LogP contribution in [-0.4, -0.2) is 61.6 Å². The monoisotopic (exact) mass is 274 g/mol. The lowest BCUT2D eigenvalue weighted by Crippen LogP contribution is -2.43. The van der Waals surface area contributed by atoms with Crippen molar-refractivity contribution in [1.29, 1.82) is 0 Å². The lowest BCUT2D eigenvalue weighted by molar-refractivity contribution is -0.192. The molecule has 0 aromatic carbocycles. The Morgan fingerprint density at radius 2 is 1.72 bits per heavy atom. The number of carboxylic acids is 1. The molecule has 0 radical (unpaired) electrons. The first kappa shape index (κ1) is 17.1. The van der Waals surface area contributed by atoms with Crippen LogP contribution in [0.5, 0.6) is 0 Å². The van der Waals surface area contributed by atoms with Crippen molar-refractivity contribution in [1.82, 2.24) is 10.2 Å². The zero-order valence-corrected chi connectivity index (χ0v) is 9.97. The summed E-state index contributed by atoms with van der Waals surface area (Å²) >= 11 is 0. The zero-order valence-electron chi connectivity index (χ0n) is 9.97. The molecule has 0 unspecified atom stereocenters. The Bertz CT molecular complexity index is 230. The number of halogens is 4. The van der Waals surface area contributed by atoms with Crippen LogP contribution >= 0.6 is 0 Å². The Morgan fingerprint density at radius 1 is 1.22 bits per heavy atom. The van der Waals surface area contributed by atoms with Crippen molar-refractivity contribution in [2.75, 3.05) is 39.4 Å². The van der Waals surface area contributed by atoms with Crippen molar-refractivity contribution in [3.63, 3.8) is 0 Å². The standard InChI is InChI=1S/C8H17FN2.C2HF3O2/c9-3-1-2-6-11-7-4-10-5-8-11;3-2(4,5)1(6)7/h10H,1-8H2;(H,6,7). The molecule has 2 N–H and O–H groups in total. The first-order valence-corrected chi connectivity index (χ1v) is 5.67. The number of piperazine rings is 1. The van der Waals surface area contributed by atoms with Crippen LogP contribution in [0.1, 0.15) is 12.8 Å². The summed E-state index contributed by atoms with van der Waals surface area (Å²) in [6.45, 7) is 5.36. The van der Waals surface area contributed by atoms with Gasteiger partial charge in [0.2, 0.25) is 0 Å². The quantitative estimate of drug-likeness (QED) is 0.599. The number of nitrogens with zero attached hydrogens (tertiary/aromatic N) is 1. The number of hydrogen-bond acceptors (Lipinski definition) is 3. The van der Waals surface area contributed by atoms with Gasteiger partial charge in [0, 0.05) is 26.2 Å². The Balaban J connectivity index is 0.000000360. The molecule has 1 heterocycles. The average Bonchev–Trinajstić information content (AvgIpc) is 2.30. The molecule has 108 valence electrons. The summed E-state index contributed by atoms with van der Waals surface area (Å²) in [6, 6.07) is 0. The second-order valence-corrected chi connectivity index (χ2v) is 3.79. The average molecular weight is 274 g/mol. The fourth-order valence-electron chi connectivity index (χ4n) is 1.36. The molecular weight excluding hydrogens is 256 g/mol. The van der Waals surface area contributed by atoms with Crippen molar-refractivity contribution in [2.24, 2.45) is 0 Å². The van der Waals surface area contributed by atoms with Gasteiger partial charge in [0.15, 0.2) is 0 Å². The number of carbonyl (C=O) groups is 1. The normalized spacial score (nSPS) is 16.9. The molecule has 18 heavy (non-hydrogen) atoms. The Hall–Kier alpha value is -0.890. The van der Waals surface area contributed by atoms with Crippen LogP contribution < -0.4 is 5.32 Å². The maximum Gasteiger partial charge on any atom is 0.490 e. The maximum atomic E-state index is 11.7. The predicted octanol–water partition coefficient (Wildman–Crippen LogP) is 1.27. The molecule has 0 spiro atoms. The molecule has 0 aromatic heterocycles. The fourth-order valence-corrected chi connectivity index (χ4v) is 1.36. The smallest absolute Gasteiger partial charge is 0.475 e. The van der Waals surface area contributed by atoms with Crippen LogP contribution in [0, 0.1) is 0 Å². The molecule has 0 saturated carbocycles. The molecular formula is C10H18F4N2O2. The van der Waals surface area contributed by atoms with Gasteiger partial charge in [0.1, 0.15) is 0 Å². The second kappa shape index (κ2) is 9.09. The molecule has 0 aromatic rings. The number of unbranched alkanes of at least 4 members (excludes halogenated alkanes) is 1. The van der Waals surface area contributed by atoms with E-state index >= 15 is 0 Å². The molecule has 1 aliphatic heterocycles. The third-order valence-electron chi connectivity index (χ3n) is 2.31. The van der Waals surface area contributed by atoms with Crippen molar-refractivity contribution in [3.05, 3.63) is 0 Å². The van der Waals surface area contributed by atoms with E-state index in [1.807, 2.05) is 0 Å². The van der Waals surface area contributed by atoms with E-state index in [0.29, 0.717) is 0 Å². The minimum Gasteiger partial charge on any atom is -0.475 e. The van der Waals surface area contributed by atoms with Gasteiger partial charge in [0.25, 0.3) is 0 Å². The first-order valence-electron chi connectivity index (χ1n) is 5.67. The summed E-state index contributed by atoms with van der Waals surface area (Å²) < 4.78 is 43.5. The largest absolute Gasteiger partial charge is 0.490 e. The van der Waals surface area contributed by atoms with Crippen LogP contribution in [0.25, 0.3) is 0 Å². The van der Waals surface area contributed by atoms with Gasteiger partial charge in [0.05, 0.1) is 6.67 Å². The highest BCUT2D eigenvalue weighted by molar-refractivity contribution is 5.73. The summed E-state index contributed by atoms with van der Waals surface area (Å²) in [7, 11) is 0. The molecule has 1 rings (SSSR count). The van der Waals surface area contributed by atoms with E-state index in [1.54, 1.807) is 0 Å². The lowest BCUT2D eigenvalue weighted by Gasteiger charge is -2.26. The van der Waals surface area contributed by atoms with Gasteiger partial charge in [-0.2, -0.15) is 13.2 Å². The second-order valence-electron chi connectivity index (χ2n) is 3.79. The van der Waals surface area contributed by atoms with Gasteiger partial charge in [-0.25, -0.2) is 4.79 Å². The van der Waals surface area contributed by atoms with Crippen LogP contribution in [0.3, 0.4) is 0 Å². The molecule has 1 fully saturated rings. The molecule has 0 bridgehead atoms. The first-order chi connectivity index (χ1) is 8.38. The van der Waals surface area contributed by atoms with Crippen LogP contribution in [0.15, 0.2) is 0 Å². The summed E-state index contributed by atoms with van der Waals surface area (Å²) in [5, 5.41) is 10.4. The van der Waals surface area contributed by atoms with Gasteiger partial charge < -0.3 is 15.3 Å². The van der Waals surface area contributed by atoms with E-state index in [1.165, 1.54) is 0 Å². The van der Waals surface area contributed by atoms with Crippen molar-refractivity contribution >= 4 is 5.97 Å². The number of nitrogens with one attached hydrogen (secondary N) is 1. The Labute approximate surface area is 103 Å². The predicted molar refractivity (Wildman–Crippen MR) is 58.2 cm³/mol. The highest BCUT2D eigenvalue weighted by Crippen LogP contribution is 2.13. The van der Waals surface area contributed by atoms with E-state index in [-0.39, 0.29) is 6.67 Å². The number of rotatable bonds is 4. The summed E-state index contributed by atoms with van der Waals surface area (Å²) in [4.78, 5) is 11.3. The highest BCUT2D eigenvalue weighted by atomic mass is 19.4. The van der Waals surface area contributed by atoms with Crippen molar-refractivity contribution < 1.29 is 27.5 Å². The molecule has 0 aliphatic carbocycles. The molecule has 1 saturated heterocycles. The fraction of sp³-hybridized carbons (Fsp3) is 0.900. The molecule has 0 atom stereocenters. The number of aliphatic carboxylic acids is 1. The number of hydrogen-bond donors (Lipinski definition) is 2. The van der Waals surface area contributed by atoms with E-state index in [4.69, 9.17) is 9.90 Å². The van der Waals surface area contributed by atoms with E-state index < -0.39 is 12.1 Å². The minimum atomic E-state index is -5.08. The SMILES string of the molecule is FCCCCN1CCNCC1.O=C(O)C(F)(F)F. The number of alkyl halides is 4. The summed E-state index contributed by atoms with van der Waals surface area (Å²) in [6.07, 6.45) is -3.35. The van der Waals surface area contributed by atoms with E-state index in [2.05, 4.69) is 10.2 Å². The molecule has 0 amide bonds. The maximum absolute atomic E-state index is 11.7. The van der Waals surface area contributed by atoms with E-state index in [9.17, 15) is 17.6 Å². The topological polar surface area (TPSA) is 52.6 Å². The third-order valence-corrected chi connectivity index (χ3v) is 2.31. The minimum absolute atomic E-state index is 0.161. The van der Waals surface area contributed by atoms with Crippen LogP contribution in [0.4, 0.5) is 17.6 Å². The van der Waals surface area contributed by atoms with Crippen LogP contribution in [0.2, 0.25) is 0 Å². The van der Waals surface area contributed by atoms with Gasteiger partial charge in [-0.15, -0.1) is 0 Å². The van der Waals surface area contributed by atoms with Gasteiger partial charge >= 0.3 is 12.1 Å². The highest BCUT2D eigenvalue weighted by Gasteiger charge is 2.38. The Morgan fingerprint density at radius 3 is 2.11 bits per heavy atom. The van der Waals surface area contributed by atoms with Crippen LogP contribution in [-0.2, 0) is 4.79 Å². The van der Waals surface area contributed by atoms with Crippen molar-refractivity contribution in [3.8, 4) is 0 Å². The zero-order chi connectivity index (χ0) is 14.0. The molecule has 8 heteroatoms. The summed E-state index contributed by atoms with van der Waals surface area (Å²) in [5.74, 6) is -2.76. The third kappa shape index (κ3) is 9.17. The lowest BCUT2D eigenvalue weighted by atomic mass is 10.3. The van der Waals surface area contributed by atoms with E-state index in [0.717, 1.165) is 45.6 Å². The molecule has 1 aliphatic rings. The van der Waals surface area contributed by atoms with Crippen molar-refractivity contribution in [2.45, 2.75) is 19.0 Å². The Kier molecular flexibility index (Phi) is 8.65. The van der Waals surface area contributed by atoms with Gasteiger partial charge in [-0.05, 0) is 19.4 Å². The van der Waals surface area contributed by atoms with Gasteiger partial charge in [-0.1, -0.05) is 0 Å².